The number of fused-ring (bicyclic) bond motifs is 1. The molecule has 2 aromatic carbocycles. The molecule has 0 spiro atoms. The van der Waals surface area contributed by atoms with Crippen molar-refractivity contribution in [1.29, 1.82) is 0 Å². The van der Waals surface area contributed by atoms with E-state index in [1.54, 1.807) is 0 Å². The largest absolute Gasteiger partial charge is 0.361 e. The number of halogens is 1. The normalized spacial score (nSPS) is 11.9. The maximum absolute atomic E-state index is 11.1. The summed E-state index contributed by atoms with van der Waals surface area (Å²) < 4.78 is 24.7. The molecule has 3 aromatic rings. The van der Waals surface area contributed by atoms with Gasteiger partial charge in [0.15, 0.2) is 0 Å². The Balaban J connectivity index is 1.93. The number of rotatable bonds is 4. The van der Waals surface area contributed by atoms with Crippen molar-refractivity contribution in [1.82, 2.24) is 9.71 Å². The minimum atomic E-state index is -3.18. The van der Waals surface area contributed by atoms with Crippen LogP contribution in [-0.4, -0.2) is 19.7 Å². The molecule has 4 nitrogen and oxygen atoms in total. The van der Waals surface area contributed by atoms with Crippen LogP contribution in [0.4, 0.5) is 0 Å². The topological polar surface area (TPSA) is 62.0 Å². The third-order valence-electron chi connectivity index (χ3n) is 3.44. The Hall–Kier alpha value is -1.82. The predicted molar refractivity (Wildman–Crippen MR) is 90.4 cm³/mol. The molecule has 0 aliphatic rings. The summed E-state index contributed by atoms with van der Waals surface area (Å²) in [5, 5.41) is 1.78. The Morgan fingerprint density at radius 3 is 2.55 bits per heavy atom. The van der Waals surface area contributed by atoms with Gasteiger partial charge in [0, 0.05) is 28.7 Å². The monoisotopic (exact) mass is 334 g/mol. The summed E-state index contributed by atoms with van der Waals surface area (Å²) in [4.78, 5) is 3.16. The molecular formula is C16H15ClN2O2S. The number of sulfonamides is 1. The van der Waals surface area contributed by atoms with Crippen molar-refractivity contribution in [2.24, 2.45) is 0 Å². The fourth-order valence-electron chi connectivity index (χ4n) is 2.39. The summed E-state index contributed by atoms with van der Waals surface area (Å²) in [6, 6.07) is 13.6. The number of aromatic nitrogens is 1. The standard InChI is InChI=1S/C16H15ClN2O2S/c1-22(20,21)19-10-11-2-4-12(5-3-11)15-8-13(17)9-16-14(15)6-7-18-16/h2-9,18-19H,10H2,1H3. The molecule has 0 unspecified atom stereocenters. The summed E-state index contributed by atoms with van der Waals surface area (Å²) in [5.74, 6) is 0. The minimum absolute atomic E-state index is 0.286. The van der Waals surface area contributed by atoms with Gasteiger partial charge >= 0.3 is 0 Å². The quantitative estimate of drug-likeness (QED) is 0.766. The van der Waals surface area contributed by atoms with Crippen LogP contribution in [0.5, 0.6) is 0 Å². The average molecular weight is 335 g/mol. The molecule has 3 rings (SSSR count). The molecule has 0 saturated heterocycles. The van der Waals surface area contributed by atoms with E-state index in [0.29, 0.717) is 5.02 Å². The summed E-state index contributed by atoms with van der Waals surface area (Å²) in [5.41, 5.74) is 3.98. The van der Waals surface area contributed by atoms with E-state index < -0.39 is 10.0 Å². The smallest absolute Gasteiger partial charge is 0.209 e. The molecule has 22 heavy (non-hydrogen) atoms. The van der Waals surface area contributed by atoms with Gasteiger partial charge < -0.3 is 4.98 Å². The third-order valence-corrected chi connectivity index (χ3v) is 4.32. The summed E-state index contributed by atoms with van der Waals surface area (Å²) >= 11 is 6.17. The van der Waals surface area contributed by atoms with Crippen molar-refractivity contribution in [3.8, 4) is 11.1 Å². The first-order valence-electron chi connectivity index (χ1n) is 6.73. The second-order valence-corrected chi connectivity index (χ2v) is 7.45. The van der Waals surface area contributed by atoms with E-state index in [9.17, 15) is 8.42 Å². The molecule has 0 radical (unpaired) electrons. The summed E-state index contributed by atoms with van der Waals surface area (Å²) in [7, 11) is -3.18. The minimum Gasteiger partial charge on any atom is -0.361 e. The average Bonchev–Trinajstić information content (AvgIpc) is 2.92. The molecule has 6 heteroatoms. The maximum atomic E-state index is 11.1. The fraction of sp³-hybridized carbons (Fsp3) is 0.125. The molecule has 0 aliphatic carbocycles. The van der Waals surface area contributed by atoms with E-state index in [0.717, 1.165) is 33.8 Å². The Bertz CT molecular complexity index is 915. The predicted octanol–water partition coefficient (Wildman–Crippen LogP) is 3.54. The summed E-state index contributed by atoms with van der Waals surface area (Å²) in [6.07, 6.45) is 3.03. The van der Waals surface area contributed by atoms with Crippen LogP contribution in [0.15, 0.2) is 48.7 Å². The highest BCUT2D eigenvalue weighted by atomic mass is 35.5. The van der Waals surface area contributed by atoms with Gasteiger partial charge in [-0.15, -0.1) is 0 Å². The lowest BCUT2D eigenvalue weighted by molar-refractivity contribution is 0.587. The van der Waals surface area contributed by atoms with Gasteiger partial charge in [-0.25, -0.2) is 13.1 Å². The van der Waals surface area contributed by atoms with Crippen LogP contribution >= 0.6 is 11.6 Å². The highest BCUT2D eigenvalue weighted by Crippen LogP contribution is 2.31. The van der Waals surface area contributed by atoms with Gasteiger partial charge in [0.2, 0.25) is 10.0 Å². The zero-order valence-corrected chi connectivity index (χ0v) is 13.5. The lowest BCUT2D eigenvalue weighted by Gasteiger charge is -2.07. The van der Waals surface area contributed by atoms with Crippen LogP contribution in [0.2, 0.25) is 5.02 Å². The zero-order chi connectivity index (χ0) is 15.7. The van der Waals surface area contributed by atoms with Crippen LogP contribution in [-0.2, 0) is 16.6 Å². The number of nitrogens with one attached hydrogen (secondary N) is 2. The van der Waals surface area contributed by atoms with Gasteiger partial charge in [0.1, 0.15) is 0 Å². The van der Waals surface area contributed by atoms with Gasteiger partial charge in [-0.3, -0.25) is 0 Å². The lowest BCUT2D eigenvalue weighted by Crippen LogP contribution is -2.21. The van der Waals surface area contributed by atoms with E-state index in [1.165, 1.54) is 0 Å². The molecule has 1 heterocycles. The van der Waals surface area contributed by atoms with Crippen molar-refractivity contribution in [3.63, 3.8) is 0 Å². The maximum Gasteiger partial charge on any atom is 0.209 e. The van der Waals surface area contributed by atoms with Crippen molar-refractivity contribution < 1.29 is 8.42 Å². The molecule has 2 N–H and O–H groups in total. The number of benzene rings is 2. The Morgan fingerprint density at radius 1 is 1.14 bits per heavy atom. The molecule has 0 atom stereocenters. The first-order valence-corrected chi connectivity index (χ1v) is 9.00. The fourth-order valence-corrected chi connectivity index (χ4v) is 3.03. The highest BCUT2D eigenvalue weighted by molar-refractivity contribution is 7.88. The van der Waals surface area contributed by atoms with Crippen molar-refractivity contribution in [2.75, 3.05) is 6.26 Å². The van der Waals surface area contributed by atoms with Crippen LogP contribution in [0.1, 0.15) is 5.56 Å². The van der Waals surface area contributed by atoms with Crippen LogP contribution in [0, 0.1) is 0 Å². The van der Waals surface area contributed by atoms with Gasteiger partial charge in [-0.2, -0.15) is 0 Å². The highest BCUT2D eigenvalue weighted by Gasteiger charge is 2.07. The molecule has 1 aromatic heterocycles. The van der Waals surface area contributed by atoms with E-state index in [2.05, 4.69) is 9.71 Å². The number of H-pyrrole nitrogens is 1. The molecule has 0 bridgehead atoms. The van der Waals surface area contributed by atoms with Crippen LogP contribution in [0.3, 0.4) is 0 Å². The SMILES string of the molecule is CS(=O)(=O)NCc1ccc(-c2cc(Cl)cc3[nH]ccc23)cc1. The van der Waals surface area contributed by atoms with Crippen molar-refractivity contribution >= 4 is 32.5 Å². The van der Waals surface area contributed by atoms with Crippen molar-refractivity contribution in [3.05, 3.63) is 59.2 Å². The van der Waals surface area contributed by atoms with Gasteiger partial charge in [-0.1, -0.05) is 35.9 Å². The first kappa shape index (κ1) is 15.1. The van der Waals surface area contributed by atoms with Gasteiger partial charge in [-0.05, 0) is 34.9 Å². The summed E-state index contributed by atoms with van der Waals surface area (Å²) in [6.45, 7) is 0.286. The number of hydrogen-bond acceptors (Lipinski definition) is 2. The lowest BCUT2D eigenvalue weighted by atomic mass is 10.0. The zero-order valence-electron chi connectivity index (χ0n) is 11.9. The van der Waals surface area contributed by atoms with Gasteiger partial charge in [0.25, 0.3) is 0 Å². The van der Waals surface area contributed by atoms with Gasteiger partial charge in [0.05, 0.1) is 6.26 Å². The van der Waals surface area contributed by atoms with Crippen LogP contribution in [0.25, 0.3) is 22.0 Å². The number of aromatic amines is 1. The molecule has 0 aliphatic heterocycles. The molecule has 0 amide bonds. The van der Waals surface area contributed by atoms with Crippen molar-refractivity contribution in [2.45, 2.75) is 6.54 Å². The van der Waals surface area contributed by atoms with E-state index >= 15 is 0 Å². The van der Waals surface area contributed by atoms with Crippen LogP contribution < -0.4 is 4.72 Å². The van der Waals surface area contributed by atoms with E-state index in [4.69, 9.17) is 11.6 Å². The van der Waals surface area contributed by atoms with E-state index in [-0.39, 0.29) is 6.54 Å². The Morgan fingerprint density at radius 2 is 1.86 bits per heavy atom. The molecule has 0 saturated carbocycles. The third kappa shape index (κ3) is 3.32. The second kappa shape index (κ2) is 5.76. The Labute approximate surface area is 134 Å². The molecular weight excluding hydrogens is 320 g/mol. The molecule has 0 fully saturated rings. The van der Waals surface area contributed by atoms with E-state index in [1.807, 2.05) is 48.7 Å². The number of hydrogen-bond donors (Lipinski definition) is 2. The Kier molecular flexibility index (Phi) is 3.95. The second-order valence-electron chi connectivity index (χ2n) is 5.18. The molecule has 114 valence electrons. The first-order chi connectivity index (χ1) is 10.4.